The second kappa shape index (κ2) is 2.58. The molecule has 2 rings (SSSR count). The van der Waals surface area contributed by atoms with Gasteiger partial charge in [0.15, 0.2) is 0 Å². The lowest BCUT2D eigenvalue weighted by Gasteiger charge is -2.23. The van der Waals surface area contributed by atoms with E-state index in [9.17, 15) is 4.79 Å². The van der Waals surface area contributed by atoms with Crippen LogP contribution in [0.3, 0.4) is 0 Å². The summed E-state index contributed by atoms with van der Waals surface area (Å²) in [7, 11) is 0. The number of rotatable bonds is 1. The minimum absolute atomic E-state index is 0.213. The molecule has 1 aromatic heterocycles. The SMILES string of the molecule is Nn1cnnc(C2CCC2)c1=O. The molecule has 1 aliphatic carbocycles. The molecule has 0 amide bonds. The molecule has 0 bridgehead atoms. The van der Waals surface area contributed by atoms with Crippen molar-refractivity contribution in [3.63, 3.8) is 0 Å². The third-order valence-electron chi connectivity index (χ3n) is 2.29. The third-order valence-corrected chi connectivity index (χ3v) is 2.29. The van der Waals surface area contributed by atoms with Gasteiger partial charge in [-0.05, 0) is 12.8 Å². The summed E-state index contributed by atoms with van der Waals surface area (Å²) in [5.41, 5.74) is 0.306. The van der Waals surface area contributed by atoms with Gasteiger partial charge in [-0.15, -0.1) is 10.2 Å². The van der Waals surface area contributed by atoms with Crippen molar-refractivity contribution < 1.29 is 0 Å². The average molecular weight is 166 g/mol. The Kier molecular flexibility index (Phi) is 1.56. The Bertz CT molecular complexity index is 342. The molecule has 0 saturated heterocycles. The first-order chi connectivity index (χ1) is 5.79. The highest BCUT2D eigenvalue weighted by molar-refractivity contribution is 5.06. The van der Waals surface area contributed by atoms with E-state index in [1.807, 2.05) is 0 Å². The summed E-state index contributed by atoms with van der Waals surface area (Å²) < 4.78 is 0.987. The van der Waals surface area contributed by atoms with Gasteiger partial charge in [0.25, 0.3) is 5.56 Å². The lowest BCUT2D eigenvalue weighted by atomic mass is 9.83. The van der Waals surface area contributed by atoms with E-state index in [0.29, 0.717) is 11.6 Å². The predicted molar refractivity (Wildman–Crippen MR) is 43.0 cm³/mol. The van der Waals surface area contributed by atoms with Crippen molar-refractivity contribution in [1.29, 1.82) is 0 Å². The van der Waals surface area contributed by atoms with Crippen LogP contribution in [0.1, 0.15) is 30.9 Å². The Labute approximate surface area is 69.2 Å². The first kappa shape index (κ1) is 7.27. The van der Waals surface area contributed by atoms with Gasteiger partial charge in [-0.1, -0.05) is 6.42 Å². The molecule has 1 aromatic rings. The van der Waals surface area contributed by atoms with Crippen LogP contribution in [0.4, 0.5) is 0 Å². The zero-order chi connectivity index (χ0) is 8.55. The highest BCUT2D eigenvalue weighted by Crippen LogP contribution is 2.32. The number of hydrogen-bond donors (Lipinski definition) is 1. The molecule has 0 spiro atoms. The molecule has 0 aliphatic heterocycles. The van der Waals surface area contributed by atoms with Crippen LogP contribution in [0, 0.1) is 0 Å². The maximum atomic E-state index is 11.3. The maximum Gasteiger partial charge on any atom is 0.293 e. The van der Waals surface area contributed by atoms with Crippen LogP contribution in [-0.4, -0.2) is 14.9 Å². The minimum Gasteiger partial charge on any atom is -0.335 e. The fourth-order valence-corrected chi connectivity index (χ4v) is 1.31. The second-order valence-corrected chi connectivity index (χ2v) is 3.06. The van der Waals surface area contributed by atoms with Crippen molar-refractivity contribution in [2.45, 2.75) is 25.2 Å². The summed E-state index contributed by atoms with van der Waals surface area (Å²) >= 11 is 0. The van der Waals surface area contributed by atoms with Gasteiger partial charge >= 0.3 is 0 Å². The van der Waals surface area contributed by atoms with E-state index in [-0.39, 0.29) is 5.56 Å². The van der Waals surface area contributed by atoms with Crippen molar-refractivity contribution in [2.24, 2.45) is 0 Å². The van der Waals surface area contributed by atoms with E-state index < -0.39 is 0 Å². The third kappa shape index (κ3) is 0.975. The Morgan fingerprint density at radius 3 is 2.92 bits per heavy atom. The molecule has 0 unspecified atom stereocenters. The van der Waals surface area contributed by atoms with Crippen LogP contribution < -0.4 is 11.4 Å². The summed E-state index contributed by atoms with van der Waals surface area (Å²) in [4.78, 5) is 11.3. The molecule has 1 saturated carbocycles. The van der Waals surface area contributed by atoms with E-state index in [4.69, 9.17) is 5.84 Å². The van der Waals surface area contributed by atoms with Crippen LogP contribution >= 0.6 is 0 Å². The molecule has 5 nitrogen and oxygen atoms in total. The fraction of sp³-hybridized carbons (Fsp3) is 0.571. The zero-order valence-corrected chi connectivity index (χ0v) is 6.60. The van der Waals surface area contributed by atoms with Crippen molar-refractivity contribution >= 4 is 0 Å². The molecule has 1 aliphatic rings. The lowest BCUT2D eigenvalue weighted by Crippen LogP contribution is -2.33. The number of hydrogen-bond acceptors (Lipinski definition) is 4. The van der Waals surface area contributed by atoms with Crippen molar-refractivity contribution in [3.8, 4) is 0 Å². The zero-order valence-electron chi connectivity index (χ0n) is 6.60. The standard InChI is InChI=1S/C7H10N4O/c8-11-4-9-10-6(7(11)12)5-2-1-3-5/h4-5H,1-3,8H2. The van der Waals surface area contributed by atoms with E-state index in [1.54, 1.807) is 0 Å². The van der Waals surface area contributed by atoms with Gasteiger partial charge in [-0.25, -0.2) is 4.68 Å². The topological polar surface area (TPSA) is 73.8 Å². The van der Waals surface area contributed by atoms with Gasteiger partial charge in [-0.2, -0.15) is 0 Å². The molecule has 1 heterocycles. The van der Waals surface area contributed by atoms with E-state index >= 15 is 0 Å². The summed E-state index contributed by atoms with van der Waals surface area (Å²) in [6, 6.07) is 0. The minimum atomic E-state index is -0.213. The Balaban J connectivity index is 2.43. The summed E-state index contributed by atoms with van der Waals surface area (Å²) in [5.74, 6) is 5.63. The number of nitrogen functional groups attached to an aromatic ring is 1. The van der Waals surface area contributed by atoms with Crippen molar-refractivity contribution in [3.05, 3.63) is 22.4 Å². The van der Waals surface area contributed by atoms with E-state index in [0.717, 1.165) is 17.5 Å². The number of aromatic nitrogens is 3. The highest BCUT2D eigenvalue weighted by atomic mass is 16.1. The van der Waals surface area contributed by atoms with Crippen LogP contribution in [0.25, 0.3) is 0 Å². The monoisotopic (exact) mass is 166 g/mol. The maximum absolute atomic E-state index is 11.3. The van der Waals surface area contributed by atoms with Gasteiger partial charge in [0.1, 0.15) is 12.0 Å². The largest absolute Gasteiger partial charge is 0.335 e. The van der Waals surface area contributed by atoms with Crippen LogP contribution in [0.15, 0.2) is 11.1 Å². The predicted octanol–water partition coefficient (Wildman–Crippen LogP) is -0.380. The molecule has 64 valence electrons. The van der Waals surface area contributed by atoms with Gasteiger partial charge in [0.2, 0.25) is 0 Å². The first-order valence-electron chi connectivity index (χ1n) is 3.98. The van der Waals surface area contributed by atoms with Gasteiger partial charge in [0, 0.05) is 5.92 Å². The van der Waals surface area contributed by atoms with Crippen LogP contribution in [-0.2, 0) is 0 Å². The quantitative estimate of drug-likeness (QED) is 0.577. The molecule has 0 radical (unpaired) electrons. The Morgan fingerprint density at radius 1 is 1.58 bits per heavy atom. The van der Waals surface area contributed by atoms with Crippen LogP contribution in [0.5, 0.6) is 0 Å². The normalized spacial score (nSPS) is 17.3. The molecule has 2 N–H and O–H groups in total. The average Bonchev–Trinajstić information content (AvgIpc) is 1.95. The van der Waals surface area contributed by atoms with Gasteiger partial charge in [-0.3, -0.25) is 4.79 Å². The first-order valence-corrected chi connectivity index (χ1v) is 3.98. The van der Waals surface area contributed by atoms with Crippen LogP contribution in [0.2, 0.25) is 0 Å². The number of nitrogens with zero attached hydrogens (tertiary/aromatic N) is 3. The van der Waals surface area contributed by atoms with Gasteiger partial charge < -0.3 is 5.84 Å². The molecule has 0 atom stereocenters. The van der Waals surface area contributed by atoms with E-state index in [2.05, 4.69) is 10.2 Å². The summed E-state index contributed by atoms with van der Waals surface area (Å²) in [6.45, 7) is 0. The highest BCUT2D eigenvalue weighted by Gasteiger charge is 2.24. The fourth-order valence-electron chi connectivity index (χ4n) is 1.31. The molecule has 1 fully saturated rings. The number of nitrogens with two attached hydrogens (primary N) is 1. The van der Waals surface area contributed by atoms with E-state index in [1.165, 1.54) is 12.7 Å². The molecule has 12 heavy (non-hydrogen) atoms. The summed E-state index contributed by atoms with van der Waals surface area (Å²) in [6.07, 6.45) is 4.47. The molecule has 0 aromatic carbocycles. The van der Waals surface area contributed by atoms with Crippen molar-refractivity contribution in [2.75, 3.05) is 5.84 Å². The van der Waals surface area contributed by atoms with Crippen molar-refractivity contribution in [1.82, 2.24) is 14.9 Å². The Hall–Kier alpha value is -1.39. The molecular weight excluding hydrogens is 156 g/mol. The summed E-state index contributed by atoms with van der Waals surface area (Å²) in [5, 5.41) is 7.43. The Morgan fingerprint density at radius 2 is 2.33 bits per heavy atom. The molecule has 5 heteroatoms. The van der Waals surface area contributed by atoms with Gasteiger partial charge in [0.05, 0.1) is 0 Å². The lowest BCUT2D eigenvalue weighted by molar-refractivity contribution is 0.401. The molecular formula is C7H10N4O. The smallest absolute Gasteiger partial charge is 0.293 e. The second-order valence-electron chi connectivity index (χ2n) is 3.06.